The Bertz CT molecular complexity index is 218. The zero-order valence-corrected chi connectivity index (χ0v) is 8.54. The first-order chi connectivity index (χ1) is 6.78. The summed E-state index contributed by atoms with van der Waals surface area (Å²) in [5.41, 5.74) is 0.0201. The normalized spacial score (nSPS) is 36.5. The molecule has 2 fully saturated rings. The molecule has 2 saturated heterocycles. The number of carbonyl (C=O) groups excluding carboxylic acids is 1. The molecule has 4 heteroatoms. The van der Waals surface area contributed by atoms with Gasteiger partial charge in [0.2, 0.25) is 0 Å². The van der Waals surface area contributed by atoms with Crippen molar-refractivity contribution in [2.75, 3.05) is 32.9 Å². The zero-order chi connectivity index (χ0) is 10.0. The third kappa shape index (κ3) is 1.53. The van der Waals surface area contributed by atoms with E-state index in [4.69, 9.17) is 9.47 Å². The maximum absolute atomic E-state index is 11.7. The average molecular weight is 199 g/mol. The second kappa shape index (κ2) is 3.87. The summed E-state index contributed by atoms with van der Waals surface area (Å²) in [5, 5.41) is 3.26. The molecule has 0 amide bonds. The summed E-state index contributed by atoms with van der Waals surface area (Å²) in [6.45, 7) is 5.41. The first-order valence-corrected chi connectivity index (χ1v) is 5.23. The van der Waals surface area contributed by atoms with Gasteiger partial charge in [0, 0.05) is 25.1 Å². The van der Waals surface area contributed by atoms with Crippen LogP contribution in [0.25, 0.3) is 0 Å². The van der Waals surface area contributed by atoms with E-state index in [2.05, 4.69) is 5.32 Å². The molecule has 2 aliphatic heterocycles. The highest BCUT2D eigenvalue weighted by atomic mass is 16.5. The van der Waals surface area contributed by atoms with Crippen LogP contribution in [0.3, 0.4) is 0 Å². The monoisotopic (exact) mass is 199 g/mol. The molecule has 2 atom stereocenters. The van der Waals surface area contributed by atoms with Gasteiger partial charge in [0.15, 0.2) is 0 Å². The highest BCUT2D eigenvalue weighted by molar-refractivity contribution is 5.74. The maximum atomic E-state index is 11.7. The summed E-state index contributed by atoms with van der Waals surface area (Å²) in [7, 11) is 0. The molecule has 0 bridgehead atoms. The van der Waals surface area contributed by atoms with Crippen LogP contribution in [-0.4, -0.2) is 38.9 Å². The number of nitrogens with one attached hydrogen (secondary N) is 1. The van der Waals surface area contributed by atoms with Crippen molar-refractivity contribution < 1.29 is 14.3 Å². The minimum atomic E-state index is -0.0667. The zero-order valence-electron chi connectivity index (χ0n) is 8.54. The van der Waals surface area contributed by atoms with Gasteiger partial charge in [-0.1, -0.05) is 0 Å². The van der Waals surface area contributed by atoms with Crippen molar-refractivity contribution in [3.63, 3.8) is 0 Å². The highest BCUT2D eigenvalue weighted by Crippen LogP contribution is 2.39. The van der Waals surface area contributed by atoms with Crippen LogP contribution >= 0.6 is 0 Å². The second-order valence-electron chi connectivity index (χ2n) is 4.10. The molecule has 14 heavy (non-hydrogen) atoms. The molecule has 2 unspecified atom stereocenters. The number of carbonyl (C=O) groups is 1. The standard InChI is InChI=1S/C10H17NO3/c1-2-14-9(12)8-5-11-6-10(8)3-4-13-7-10/h8,11H,2-7H2,1H3. The Kier molecular flexibility index (Phi) is 2.74. The molecule has 1 spiro atoms. The molecule has 80 valence electrons. The van der Waals surface area contributed by atoms with Gasteiger partial charge in [0.1, 0.15) is 0 Å². The van der Waals surface area contributed by atoms with Crippen LogP contribution in [0.4, 0.5) is 0 Å². The lowest BCUT2D eigenvalue weighted by molar-refractivity contribution is -0.151. The van der Waals surface area contributed by atoms with Crippen molar-refractivity contribution in [1.82, 2.24) is 5.32 Å². The predicted octanol–water partition coefficient (Wildman–Crippen LogP) is 0.176. The summed E-state index contributed by atoms with van der Waals surface area (Å²) in [6, 6.07) is 0. The van der Waals surface area contributed by atoms with E-state index in [1.165, 1.54) is 0 Å². The summed E-state index contributed by atoms with van der Waals surface area (Å²) in [5.74, 6) is -0.0760. The minimum Gasteiger partial charge on any atom is -0.466 e. The fourth-order valence-corrected chi connectivity index (χ4v) is 2.42. The van der Waals surface area contributed by atoms with E-state index in [1.807, 2.05) is 6.92 Å². The second-order valence-corrected chi connectivity index (χ2v) is 4.10. The van der Waals surface area contributed by atoms with Crippen molar-refractivity contribution in [2.24, 2.45) is 11.3 Å². The summed E-state index contributed by atoms with van der Waals surface area (Å²) in [6.07, 6.45) is 0.976. The Morgan fingerprint density at radius 2 is 2.57 bits per heavy atom. The summed E-state index contributed by atoms with van der Waals surface area (Å²) in [4.78, 5) is 11.7. The fourth-order valence-electron chi connectivity index (χ4n) is 2.42. The van der Waals surface area contributed by atoms with Gasteiger partial charge >= 0.3 is 5.97 Å². The molecule has 1 N–H and O–H groups in total. The van der Waals surface area contributed by atoms with Gasteiger partial charge in [-0.2, -0.15) is 0 Å². The number of rotatable bonds is 2. The Hall–Kier alpha value is -0.610. The van der Waals surface area contributed by atoms with Crippen LogP contribution in [0.5, 0.6) is 0 Å². The number of ether oxygens (including phenoxy) is 2. The maximum Gasteiger partial charge on any atom is 0.310 e. The molecule has 0 aromatic carbocycles. The van der Waals surface area contributed by atoms with Crippen molar-refractivity contribution in [3.05, 3.63) is 0 Å². The van der Waals surface area contributed by atoms with Gasteiger partial charge in [-0.3, -0.25) is 4.79 Å². The Morgan fingerprint density at radius 1 is 1.71 bits per heavy atom. The van der Waals surface area contributed by atoms with E-state index in [1.54, 1.807) is 0 Å². The lowest BCUT2D eigenvalue weighted by atomic mass is 9.77. The molecule has 0 aliphatic carbocycles. The van der Waals surface area contributed by atoms with Crippen molar-refractivity contribution in [2.45, 2.75) is 13.3 Å². The van der Waals surface area contributed by atoms with Gasteiger partial charge in [0.25, 0.3) is 0 Å². The molecule has 2 rings (SSSR count). The largest absolute Gasteiger partial charge is 0.466 e. The van der Waals surface area contributed by atoms with E-state index in [9.17, 15) is 4.79 Å². The third-order valence-electron chi connectivity index (χ3n) is 3.27. The number of hydrogen-bond donors (Lipinski definition) is 1. The molecule has 0 saturated carbocycles. The molecule has 0 aromatic rings. The first kappa shape index (κ1) is 9.93. The summed E-state index contributed by atoms with van der Waals surface area (Å²) < 4.78 is 10.5. The van der Waals surface area contributed by atoms with Crippen molar-refractivity contribution in [1.29, 1.82) is 0 Å². The quantitative estimate of drug-likeness (QED) is 0.644. The summed E-state index contributed by atoms with van der Waals surface area (Å²) >= 11 is 0. The van der Waals surface area contributed by atoms with Gasteiger partial charge < -0.3 is 14.8 Å². The van der Waals surface area contributed by atoms with E-state index >= 15 is 0 Å². The molecule has 2 heterocycles. The predicted molar refractivity (Wildman–Crippen MR) is 50.9 cm³/mol. The van der Waals surface area contributed by atoms with Crippen LogP contribution < -0.4 is 5.32 Å². The lowest BCUT2D eigenvalue weighted by Gasteiger charge is -2.26. The van der Waals surface area contributed by atoms with Gasteiger partial charge in [-0.05, 0) is 13.3 Å². The molecular weight excluding hydrogens is 182 g/mol. The van der Waals surface area contributed by atoms with E-state index < -0.39 is 0 Å². The van der Waals surface area contributed by atoms with Gasteiger partial charge in [-0.25, -0.2) is 0 Å². The number of esters is 1. The van der Waals surface area contributed by atoms with E-state index in [0.29, 0.717) is 13.2 Å². The topological polar surface area (TPSA) is 47.6 Å². The first-order valence-electron chi connectivity index (χ1n) is 5.23. The average Bonchev–Trinajstić information content (AvgIpc) is 2.78. The molecule has 4 nitrogen and oxygen atoms in total. The molecule has 0 aromatic heterocycles. The lowest BCUT2D eigenvalue weighted by Crippen LogP contribution is -2.36. The van der Waals surface area contributed by atoms with Crippen LogP contribution in [0, 0.1) is 11.3 Å². The van der Waals surface area contributed by atoms with Crippen molar-refractivity contribution >= 4 is 5.97 Å². The van der Waals surface area contributed by atoms with E-state index in [-0.39, 0.29) is 17.3 Å². The van der Waals surface area contributed by atoms with Crippen LogP contribution in [-0.2, 0) is 14.3 Å². The van der Waals surface area contributed by atoms with Crippen LogP contribution in [0.1, 0.15) is 13.3 Å². The van der Waals surface area contributed by atoms with Crippen LogP contribution in [0.15, 0.2) is 0 Å². The van der Waals surface area contributed by atoms with E-state index in [0.717, 1.165) is 26.1 Å². The molecule has 0 radical (unpaired) electrons. The minimum absolute atomic E-state index is 0.00931. The smallest absolute Gasteiger partial charge is 0.310 e. The third-order valence-corrected chi connectivity index (χ3v) is 3.27. The fraction of sp³-hybridized carbons (Fsp3) is 0.900. The Morgan fingerprint density at radius 3 is 3.21 bits per heavy atom. The molecule has 2 aliphatic rings. The van der Waals surface area contributed by atoms with Gasteiger partial charge in [-0.15, -0.1) is 0 Å². The highest BCUT2D eigenvalue weighted by Gasteiger charge is 2.49. The van der Waals surface area contributed by atoms with Gasteiger partial charge in [0.05, 0.1) is 19.1 Å². The molecular formula is C10H17NO3. The Labute approximate surface area is 84.0 Å². The SMILES string of the molecule is CCOC(=O)C1CNCC12CCOC2. The van der Waals surface area contributed by atoms with Crippen LogP contribution in [0.2, 0.25) is 0 Å². The Balaban J connectivity index is 2.06. The number of hydrogen-bond acceptors (Lipinski definition) is 4. The van der Waals surface area contributed by atoms with Crippen molar-refractivity contribution in [3.8, 4) is 0 Å².